The van der Waals surface area contributed by atoms with E-state index in [0.717, 1.165) is 19.3 Å². The molecule has 0 saturated carbocycles. The molecule has 8 heteroatoms. The molecule has 0 fully saturated rings. The number of esters is 1. The molecular weight excluding hydrogens is 412 g/mol. The van der Waals surface area contributed by atoms with Crippen LogP contribution in [0, 0.1) is 0 Å². The van der Waals surface area contributed by atoms with E-state index in [1.54, 1.807) is 42.5 Å². The van der Waals surface area contributed by atoms with Crippen molar-refractivity contribution in [2.75, 3.05) is 20.8 Å². The molecule has 0 N–H and O–H groups in total. The predicted molar refractivity (Wildman–Crippen MR) is 120 cm³/mol. The van der Waals surface area contributed by atoms with E-state index in [1.807, 2.05) is 0 Å². The van der Waals surface area contributed by atoms with Gasteiger partial charge in [0.25, 0.3) is 5.56 Å². The summed E-state index contributed by atoms with van der Waals surface area (Å²) < 4.78 is 16.9. The second kappa shape index (κ2) is 10.6. The second-order valence-electron chi connectivity index (χ2n) is 7.20. The summed E-state index contributed by atoms with van der Waals surface area (Å²) in [6, 6.07) is 11.5. The van der Waals surface area contributed by atoms with Crippen molar-refractivity contribution < 1.29 is 23.8 Å². The molecule has 8 nitrogen and oxygen atoms in total. The van der Waals surface area contributed by atoms with Gasteiger partial charge in [-0.25, -0.2) is 9.48 Å². The number of hydrogen-bond donors (Lipinski definition) is 0. The largest absolute Gasteiger partial charge is 0.497 e. The van der Waals surface area contributed by atoms with Gasteiger partial charge in [-0.3, -0.25) is 9.59 Å². The molecule has 0 atom stereocenters. The van der Waals surface area contributed by atoms with Crippen molar-refractivity contribution in [1.82, 2.24) is 9.78 Å². The summed E-state index contributed by atoms with van der Waals surface area (Å²) in [5.41, 5.74) is 0.0157. The van der Waals surface area contributed by atoms with Gasteiger partial charge in [-0.05, 0) is 24.6 Å². The number of methoxy groups -OCH3 is 2. The number of ketones is 1. The quantitative estimate of drug-likeness (QED) is 0.271. The molecule has 0 aliphatic rings. The molecule has 1 aromatic heterocycles. The zero-order chi connectivity index (χ0) is 23.1. The van der Waals surface area contributed by atoms with Crippen LogP contribution in [0.3, 0.4) is 0 Å². The maximum atomic E-state index is 12.8. The maximum Gasteiger partial charge on any atom is 0.359 e. The van der Waals surface area contributed by atoms with Crippen LogP contribution < -0.4 is 15.0 Å². The molecule has 3 rings (SSSR count). The van der Waals surface area contributed by atoms with E-state index in [4.69, 9.17) is 14.2 Å². The van der Waals surface area contributed by atoms with Crippen LogP contribution in [0.1, 0.15) is 47.0 Å². The van der Waals surface area contributed by atoms with E-state index < -0.39 is 18.4 Å². The standard InChI is InChI=1S/C24H26N2O6/c1-4-5-8-13-26-23(28)18-10-7-6-9-17(18)22(25-26)24(29)32-15-20(27)19-12-11-16(30-2)14-21(19)31-3/h6-7,9-12,14H,4-5,8,13,15H2,1-3H3. The zero-order valence-corrected chi connectivity index (χ0v) is 18.4. The summed E-state index contributed by atoms with van der Waals surface area (Å²) in [7, 11) is 2.95. The minimum atomic E-state index is -0.772. The Balaban J connectivity index is 1.84. The van der Waals surface area contributed by atoms with E-state index in [1.165, 1.54) is 18.9 Å². The van der Waals surface area contributed by atoms with Crippen molar-refractivity contribution in [2.45, 2.75) is 32.7 Å². The van der Waals surface area contributed by atoms with Gasteiger partial charge < -0.3 is 14.2 Å². The van der Waals surface area contributed by atoms with Crippen molar-refractivity contribution in [3.05, 3.63) is 64.1 Å². The topological polar surface area (TPSA) is 96.7 Å². The van der Waals surface area contributed by atoms with Crippen molar-refractivity contribution in [1.29, 1.82) is 0 Å². The van der Waals surface area contributed by atoms with Crippen LogP contribution in [0.2, 0.25) is 0 Å². The molecule has 0 bridgehead atoms. The minimum absolute atomic E-state index is 0.00574. The third-order valence-corrected chi connectivity index (χ3v) is 5.08. The maximum absolute atomic E-state index is 12.8. The fourth-order valence-electron chi connectivity index (χ4n) is 3.36. The van der Waals surface area contributed by atoms with Gasteiger partial charge in [0.05, 0.1) is 25.2 Å². The van der Waals surface area contributed by atoms with Crippen LogP contribution in [0.15, 0.2) is 47.3 Å². The molecule has 0 aliphatic heterocycles. The van der Waals surface area contributed by atoms with Crippen LogP contribution in [0.4, 0.5) is 0 Å². The Labute approximate surface area is 185 Å². The molecule has 0 saturated heterocycles. The van der Waals surface area contributed by atoms with E-state index in [2.05, 4.69) is 12.0 Å². The third-order valence-electron chi connectivity index (χ3n) is 5.08. The lowest BCUT2D eigenvalue weighted by Crippen LogP contribution is -2.27. The second-order valence-corrected chi connectivity index (χ2v) is 7.20. The fraction of sp³-hybridized carbons (Fsp3) is 0.333. The molecule has 0 radical (unpaired) electrons. The van der Waals surface area contributed by atoms with Crippen molar-refractivity contribution in [3.63, 3.8) is 0 Å². The van der Waals surface area contributed by atoms with Gasteiger partial charge in [0.15, 0.2) is 12.3 Å². The van der Waals surface area contributed by atoms with Crippen molar-refractivity contribution >= 4 is 22.5 Å². The lowest BCUT2D eigenvalue weighted by Gasteiger charge is -2.12. The number of rotatable bonds is 10. The monoisotopic (exact) mass is 438 g/mol. The molecule has 2 aromatic carbocycles. The number of nitrogens with zero attached hydrogens (tertiary/aromatic N) is 2. The molecule has 0 spiro atoms. The first kappa shape index (κ1) is 23.0. The summed E-state index contributed by atoms with van der Waals surface area (Å²) in [4.78, 5) is 38.2. The molecule has 0 unspecified atom stereocenters. The number of aryl methyl sites for hydroxylation is 1. The Bertz CT molecular complexity index is 1180. The van der Waals surface area contributed by atoms with Crippen LogP contribution in [-0.4, -0.2) is 42.4 Å². The summed E-state index contributed by atoms with van der Waals surface area (Å²) in [6.07, 6.45) is 2.71. The molecule has 168 valence electrons. The number of carbonyl (C=O) groups is 2. The first-order chi connectivity index (χ1) is 15.5. The van der Waals surface area contributed by atoms with Gasteiger partial charge >= 0.3 is 5.97 Å². The van der Waals surface area contributed by atoms with Crippen LogP contribution in [0.5, 0.6) is 11.5 Å². The highest BCUT2D eigenvalue weighted by Gasteiger charge is 2.21. The smallest absolute Gasteiger partial charge is 0.359 e. The first-order valence-electron chi connectivity index (χ1n) is 10.4. The fourth-order valence-corrected chi connectivity index (χ4v) is 3.36. The lowest BCUT2D eigenvalue weighted by atomic mass is 10.1. The average molecular weight is 438 g/mol. The minimum Gasteiger partial charge on any atom is -0.497 e. The number of benzene rings is 2. The van der Waals surface area contributed by atoms with Crippen LogP contribution >= 0.6 is 0 Å². The molecule has 0 amide bonds. The summed E-state index contributed by atoms with van der Waals surface area (Å²) in [5, 5.41) is 5.03. The Morgan fingerprint density at radius 2 is 1.75 bits per heavy atom. The highest BCUT2D eigenvalue weighted by atomic mass is 16.5. The van der Waals surface area contributed by atoms with Crippen LogP contribution in [-0.2, 0) is 11.3 Å². The lowest BCUT2D eigenvalue weighted by molar-refractivity contribution is 0.0467. The molecule has 3 aromatic rings. The molecule has 32 heavy (non-hydrogen) atoms. The Morgan fingerprint density at radius 3 is 2.44 bits per heavy atom. The highest BCUT2D eigenvalue weighted by Crippen LogP contribution is 2.25. The number of ether oxygens (including phenoxy) is 3. The number of aromatic nitrogens is 2. The van der Waals surface area contributed by atoms with Gasteiger partial charge in [0.2, 0.25) is 5.78 Å². The Morgan fingerprint density at radius 1 is 1.00 bits per heavy atom. The third kappa shape index (κ3) is 4.96. The van der Waals surface area contributed by atoms with Gasteiger partial charge in [-0.1, -0.05) is 38.0 Å². The van der Waals surface area contributed by atoms with E-state index in [-0.39, 0.29) is 16.8 Å². The van der Waals surface area contributed by atoms with E-state index in [9.17, 15) is 14.4 Å². The summed E-state index contributed by atoms with van der Waals surface area (Å²) in [5.74, 6) is -0.348. The van der Waals surface area contributed by atoms with Gasteiger partial charge in [0, 0.05) is 18.0 Å². The predicted octanol–water partition coefficient (Wildman–Crippen LogP) is 3.64. The molecular formula is C24H26N2O6. The molecule has 1 heterocycles. The van der Waals surface area contributed by atoms with Gasteiger partial charge in [0.1, 0.15) is 11.5 Å². The van der Waals surface area contributed by atoms with Gasteiger partial charge in [-0.15, -0.1) is 0 Å². The number of hydrogen-bond acceptors (Lipinski definition) is 7. The number of carbonyl (C=O) groups excluding carboxylic acids is 2. The highest BCUT2D eigenvalue weighted by molar-refractivity contribution is 6.04. The SMILES string of the molecule is CCCCCn1nc(C(=O)OCC(=O)c2ccc(OC)cc2OC)c2ccccc2c1=O. The number of unbranched alkanes of at least 4 members (excludes halogenated alkanes) is 2. The average Bonchev–Trinajstić information content (AvgIpc) is 2.83. The van der Waals surface area contributed by atoms with E-state index >= 15 is 0 Å². The zero-order valence-electron chi connectivity index (χ0n) is 18.4. The number of fused-ring (bicyclic) bond motifs is 1. The van der Waals surface area contributed by atoms with Crippen LogP contribution in [0.25, 0.3) is 10.8 Å². The Kier molecular flexibility index (Phi) is 7.59. The van der Waals surface area contributed by atoms with E-state index in [0.29, 0.717) is 28.8 Å². The summed E-state index contributed by atoms with van der Waals surface area (Å²) in [6.45, 7) is 1.97. The summed E-state index contributed by atoms with van der Waals surface area (Å²) >= 11 is 0. The Hall–Kier alpha value is -3.68. The molecule has 0 aliphatic carbocycles. The van der Waals surface area contributed by atoms with Crippen molar-refractivity contribution in [2.24, 2.45) is 0 Å². The number of Topliss-reactive ketones (excluding diaryl/α,β-unsaturated/α-hetero) is 1. The van der Waals surface area contributed by atoms with Gasteiger partial charge in [-0.2, -0.15) is 5.10 Å². The van der Waals surface area contributed by atoms with Crippen molar-refractivity contribution in [3.8, 4) is 11.5 Å². The normalized spacial score (nSPS) is 10.7. The first-order valence-corrected chi connectivity index (χ1v) is 10.4.